The van der Waals surface area contributed by atoms with Crippen LogP contribution in [-0.4, -0.2) is 26.5 Å². The Kier molecular flexibility index (Phi) is 6.55. The molecule has 1 aliphatic heterocycles. The van der Waals surface area contributed by atoms with E-state index in [4.69, 9.17) is 5.10 Å². The van der Waals surface area contributed by atoms with E-state index in [0.717, 1.165) is 50.9 Å². The predicted molar refractivity (Wildman–Crippen MR) is 135 cm³/mol. The van der Waals surface area contributed by atoms with Gasteiger partial charge in [0.1, 0.15) is 12.2 Å². The molecular formula is C27H26N6. The van der Waals surface area contributed by atoms with E-state index >= 15 is 0 Å². The highest BCUT2D eigenvalue weighted by Gasteiger charge is 2.14. The molecule has 0 radical (unpaired) electrons. The molecule has 0 saturated carbocycles. The van der Waals surface area contributed by atoms with Crippen LogP contribution in [-0.2, 0) is 6.54 Å². The van der Waals surface area contributed by atoms with E-state index in [1.807, 2.05) is 67.4 Å². The van der Waals surface area contributed by atoms with E-state index in [1.165, 1.54) is 6.33 Å². The number of hydrogen-bond acceptors (Lipinski definition) is 5. The van der Waals surface area contributed by atoms with Crippen molar-refractivity contribution in [2.75, 3.05) is 0 Å². The predicted octanol–water partition coefficient (Wildman–Crippen LogP) is 5.39. The minimum absolute atomic E-state index is 0.581. The lowest BCUT2D eigenvalue weighted by molar-refractivity contribution is 0.367. The summed E-state index contributed by atoms with van der Waals surface area (Å²) in [4.78, 5) is 12.8. The SMILES string of the molecule is C=C(N/C(C)=N/c1ccccc1C)c1cccc(CN2N=C(c3cncnc3)C=CC2=C)c1. The molecule has 1 N–H and O–H groups in total. The van der Waals surface area contributed by atoms with Crippen LogP contribution in [0.4, 0.5) is 5.69 Å². The van der Waals surface area contributed by atoms with Crippen molar-refractivity contribution < 1.29 is 0 Å². The van der Waals surface area contributed by atoms with Crippen molar-refractivity contribution in [1.29, 1.82) is 0 Å². The third-order valence-electron chi connectivity index (χ3n) is 5.19. The van der Waals surface area contributed by atoms with Crippen molar-refractivity contribution in [2.24, 2.45) is 10.1 Å². The second-order valence-corrected chi connectivity index (χ2v) is 7.78. The standard InChI is InChI=1S/C27H26N6/c1-19-8-5-6-11-26(19)31-22(4)30-21(3)24-10-7-9-23(14-24)17-33-20(2)12-13-27(32-33)25-15-28-18-29-16-25/h5-16,18H,2-3,17H2,1,4H3,(H,30,31). The third kappa shape index (κ3) is 5.49. The molecule has 0 spiro atoms. The Morgan fingerprint density at radius 2 is 1.85 bits per heavy atom. The second-order valence-electron chi connectivity index (χ2n) is 7.78. The molecule has 2 aromatic carbocycles. The third-order valence-corrected chi connectivity index (χ3v) is 5.19. The first-order chi connectivity index (χ1) is 16.0. The van der Waals surface area contributed by atoms with Gasteiger partial charge in [-0.3, -0.25) is 5.01 Å². The summed E-state index contributed by atoms with van der Waals surface area (Å²) in [6, 6.07) is 16.3. The summed E-state index contributed by atoms with van der Waals surface area (Å²) < 4.78 is 0. The molecule has 164 valence electrons. The number of nitrogens with one attached hydrogen (secondary N) is 1. The van der Waals surface area contributed by atoms with Crippen LogP contribution in [0.5, 0.6) is 0 Å². The first-order valence-electron chi connectivity index (χ1n) is 10.6. The van der Waals surface area contributed by atoms with Gasteiger partial charge in [-0.25, -0.2) is 15.0 Å². The highest BCUT2D eigenvalue weighted by Crippen LogP contribution is 2.21. The second kappa shape index (κ2) is 9.87. The van der Waals surface area contributed by atoms with Crippen LogP contribution in [0.3, 0.4) is 0 Å². The highest BCUT2D eigenvalue weighted by molar-refractivity contribution is 6.08. The fourth-order valence-electron chi connectivity index (χ4n) is 3.43. The Morgan fingerprint density at radius 1 is 1.06 bits per heavy atom. The van der Waals surface area contributed by atoms with Gasteiger partial charge in [0.05, 0.1) is 23.6 Å². The normalized spacial score (nSPS) is 13.6. The number of allylic oxidation sites excluding steroid dienone is 2. The van der Waals surface area contributed by atoms with E-state index < -0.39 is 0 Å². The summed E-state index contributed by atoms with van der Waals surface area (Å²) in [6.45, 7) is 12.9. The molecule has 1 aromatic heterocycles. The average molecular weight is 435 g/mol. The van der Waals surface area contributed by atoms with Crippen molar-refractivity contribution in [3.8, 4) is 0 Å². The molecule has 2 heterocycles. The first kappa shape index (κ1) is 21.9. The average Bonchev–Trinajstić information content (AvgIpc) is 2.83. The maximum absolute atomic E-state index is 4.73. The Hall–Kier alpha value is -4.32. The van der Waals surface area contributed by atoms with Gasteiger partial charge in [0.2, 0.25) is 0 Å². The lowest BCUT2D eigenvalue weighted by atomic mass is 10.1. The molecule has 0 bridgehead atoms. The van der Waals surface area contributed by atoms with Crippen molar-refractivity contribution in [1.82, 2.24) is 20.3 Å². The summed E-state index contributed by atoms with van der Waals surface area (Å²) in [5, 5.41) is 9.92. The number of aryl methyl sites for hydroxylation is 1. The number of benzene rings is 2. The summed E-state index contributed by atoms with van der Waals surface area (Å²) >= 11 is 0. The van der Waals surface area contributed by atoms with Gasteiger partial charge in [-0.05, 0) is 54.8 Å². The Bertz CT molecular complexity index is 1270. The Labute approximate surface area is 194 Å². The lowest BCUT2D eigenvalue weighted by Gasteiger charge is -2.24. The van der Waals surface area contributed by atoms with Gasteiger partial charge in [-0.15, -0.1) is 0 Å². The minimum Gasteiger partial charge on any atom is -0.344 e. The number of aromatic nitrogens is 2. The molecule has 6 nitrogen and oxygen atoms in total. The topological polar surface area (TPSA) is 65.8 Å². The van der Waals surface area contributed by atoms with Gasteiger partial charge in [0.25, 0.3) is 0 Å². The molecule has 0 fully saturated rings. The number of nitrogens with zero attached hydrogens (tertiary/aromatic N) is 5. The van der Waals surface area contributed by atoms with E-state index in [2.05, 4.69) is 45.6 Å². The van der Waals surface area contributed by atoms with Crippen molar-refractivity contribution in [3.05, 3.63) is 121 Å². The zero-order valence-electron chi connectivity index (χ0n) is 18.9. The number of hydrazone groups is 1. The maximum atomic E-state index is 4.73. The summed E-state index contributed by atoms with van der Waals surface area (Å²) in [7, 11) is 0. The van der Waals surface area contributed by atoms with E-state index in [0.29, 0.717) is 6.54 Å². The largest absolute Gasteiger partial charge is 0.344 e. The molecule has 0 aliphatic carbocycles. The van der Waals surface area contributed by atoms with Crippen LogP contribution in [0.25, 0.3) is 5.70 Å². The summed E-state index contributed by atoms with van der Waals surface area (Å²) in [5.74, 6) is 0.786. The minimum atomic E-state index is 0.581. The van der Waals surface area contributed by atoms with Crippen LogP contribution in [0.15, 0.2) is 108 Å². The van der Waals surface area contributed by atoms with Crippen molar-refractivity contribution in [3.63, 3.8) is 0 Å². The maximum Gasteiger partial charge on any atom is 0.115 e. The number of para-hydroxylation sites is 1. The molecule has 1 aliphatic rings. The van der Waals surface area contributed by atoms with Gasteiger partial charge >= 0.3 is 0 Å². The molecule has 33 heavy (non-hydrogen) atoms. The van der Waals surface area contributed by atoms with Gasteiger partial charge in [-0.2, -0.15) is 5.10 Å². The molecule has 6 heteroatoms. The smallest absolute Gasteiger partial charge is 0.115 e. The van der Waals surface area contributed by atoms with Gasteiger partial charge in [0, 0.05) is 23.7 Å². The quantitative estimate of drug-likeness (QED) is 0.418. The molecule has 0 unspecified atom stereocenters. The van der Waals surface area contributed by atoms with Gasteiger partial charge < -0.3 is 5.32 Å². The number of amidine groups is 1. The van der Waals surface area contributed by atoms with E-state index in [9.17, 15) is 0 Å². The molecular weight excluding hydrogens is 408 g/mol. The van der Waals surface area contributed by atoms with Crippen LogP contribution in [0, 0.1) is 6.92 Å². The molecule has 0 saturated heterocycles. The number of hydrogen-bond donors (Lipinski definition) is 1. The highest BCUT2D eigenvalue weighted by atomic mass is 15.5. The van der Waals surface area contributed by atoms with Crippen LogP contribution in [0.2, 0.25) is 0 Å². The van der Waals surface area contributed by atoms with E-state index in [-0.39, 0.29) is 0 Å². The van der Waals surface area contributed by atoms with Crippen molar-refractivity contribution >= 4 is 22.9 Å². The van der Waals surface area contributed by atoms with Crippen molar-refractivity contribution in [2.45, 2.75) is 20.4 Å². The van der Waals surface area contributed by atoms with Crippen LogP contribution >= 0.6 is 0 Å². The lowest BCUT2D eigenvalue weighted by Crippen LogP contribution is -2.21. The van der Waals surface area contributed by atoms with Crippen LogP contribution < -0.4 is 5.32 Å². The fraction of sp³-hybridized carbons (Fsp3) is 0.111. The monoisotopic (exact) mass is 434 g/mol. The van der Waals surface area contributed by atoms with Gasteiger partial charge in [0.15, 0.2) is 0 Å². The molecule has 3 aromatic rings. The van der Waals surface area contributed by atoms with E-state index in [1.54, 1.807) is 12.4 Å². The first-order valence-corrected chi connectivity index (χ1v) is 10.6. The Morgan fingerprint density at radius 3 is 2.64 bits per heavy atom. The fourth-order valence-corrected chi connectivity index (χ4v) is 3.43. The number of rotatable bonds is 6. The molecule has 4 rings (SSSR count). The zero-order chi connectivity index (χ0) is 23.2. The van der Waals surface area contributed by atoms with Gasteiger partial charge in [-0.1, -0.05) is 49.6 Å². The summed E-state index contributed by atoms with van der Waals surface area (Å²) in [5.41, 5.74) is 7.42. The zero-order valence-corrected chi connectivity index (χ0v) is 18.9. The summed E-state index contributed by atoms with van der Waals surface area (Å²) in [6.07, 6.45) is 8.88. The molecule has 0 amide bonds. The van der Waals surface area contributed by atoms with Crippen LogP contribution in [0.1, 0.15) is 29.2 Å². The molecule has 0 atom stereocenters. The Balaban J connectivity index is 1.48. The number of aliphatic imine (C=N–C) groups is 1.